The fraction of sp³-hybridized carbons (Fsp3) is 0.333. The van der Waals surface area contributed by atoms with Gasteiger partial charge in [-0.15, -0.1) is 0 Å². The minimum absolute atomic E-state index is 0.0142. The van der Waals surface area contributed by atoms with Gasteiger partial charge in [0.1, 0.15) is 23.1 Å². The van der Waals surface area contributed by atoms with E-state index in [2.05, 4.69) is 32.0 Å². The lowest BCUT2D eigenvalue weighted by molar-refractivity contribution is -0.293. The predicted molar refractivity (Wildman–Crippen MR) is 109 cm³/mol. The second-order valence-corrected chi connectivity index (χ2v) is 8.70. The molecule has 2 heterocycles. The summed E-state index contributed by atoms with van der Waals surface area (Å²) in [7, 11) is 0. The molecule has 30 heavy (non-hydrogen) atoms. The third-order valence-corrected chi connectivity index (χ3v) is 5.64. The first-order valence-corrected chi connectivity index (χ1v) is 9.91. The molecule has 0 radical (unpaired) electrons. The van der Waals surface area contributed by atoms with Crippen molar-refractivity contribution in [1.29, 1.82) is 5.26 Å². The Bertz CT molecular complexity index is 1150. The van der Waals surface area contributed by atoms with E-state index in [9.17, 15) is 5.11 Å². The fourth-order valence-electron chi connectivity index (χ4n) is 4.03. The third kappa shape index (κ3) is 3.02. The van der Waals surface area contributed by atoms with Crippen molar-refractivity contribution in [3.8, 4) is 28.8 Å². The average molecular weight is 399 g/mol. The summed E-state index contributed by atoms with van der Waals surface area (Å²) in [6.07, 6.45) is 1.11. The summed E-state index contributed by atoms with van der Waals surface area (Å²) in [5.41, 5.74) is 4.43. The highest BCUT2D eigenvalue weighted by atomic mass is 16.7. The maximum absolute atomic E-state index is 10.4. The van der Waals surface area contributed by atoms with Crippen LogP contribution in [0.5, 0.6) is 5.75 Å². The summed E-state index contributed by atoms with van der Waals surface area (Å²) in [5, 5.41) is 24.4. The van der Waals surface area contributed by atoms with Crippen molar-refractivity contribution in [1.82, 2.24) is 9.78 Å². The van der Waals surface area contributed by atoms with Gasteiger partial charge in [0, 0.05) is 23.8 Å². The number of benzene rings is 1. The summed E-state index contributed by atoms with van der Waals surface area (Å²) in [6, 6.07) is 18.7. The molecule has 3 aromatic rings. The molecule has 0 saturated carbocycles. The van der Waals surface area contributed by atoms with Gasteiger partial charge in [-0.1, -0.05) is 38.1 Å². The Morgan fingerprint density at radius 2 is 1.87 bits per heavy atom. The van der Waals surface area contributed by atoms with Crippen LogP contribution in [0.1, 0.15) is 30.7 Å². The minimum atomic E-state index is -0.698. The molecule has 0 bridgehead atoms. The Kier molecular flexibility index (Phi) is 4.11. The maximum atomic E-state index is 10.4. The molecule has 1 N–H and O–H groups in total. The topological polar surface area (TPSA) is 80.3 Å². The van der Waals surface area contributed by atoms with E-state index in [-0.39, 0.29) is 11.2 Å². The van der Waals surface area contributed by atoms with Crippen LogP contribution in [0.15, 0.2) is 36.4 Å². The molecule has 1 aliphatic heterocycles. The first-order valence-electron chi connectivity index (χ1n) is 9.91. The fourth-order valence-corrected chi connectivity index (χ4v) is 4.03. The zero-order chi connectivity index (χ0) is 20.9. The standard InChI is InChI=1S/C24H21N3O3/c1-23(2)14-29-24(30-15-23)11-18-19(12-24)26-27(20-5-3-4-6-21(20)28)22(18)17-9-7-16(13-25)8-10-17/h3-7,9,28H,11-12,14-15H2,1-2H3. The first kappa shape index (κ1) is 18.7. The number of hydrogen-bond donors (Lipinski definition) is 1. The van der Waals surface area contributed by atoms with Gasteiger partial charge in [-0.05, 0) is 24.3 Å². The summed E-state index contributed by atoms with van der Waals surface area (Å²) in [4.78, 5) is 0. The SMILES string of the molecule is CC1(C)COC2(Cc3nn(-c4ccccc4O)c(-c4c#cc(C#N)cc4)c3C2)OC1. The lowest BCUT2D eigenvalue weighted by atomic mass is 9.94. The van der Waals surface area contributed by atoms with E-state index in [1.165, 1.54) is 0 Å². The molecule has 0 unspecified atom stereocenters. The van der Waals surface area contributed by atoms with Crippen molar-refractivity contribution in [2.24, 2.45) is 5.41 Å². The van der Waals surface area contributed by atoms with Gasteiger partial charge >= 0.3 is 0 Å². The number of fused-ring (bicyclic) bond motifs is 1. The number of hydrogen-bond acceptors (Lipinski definition) is 5. The molecule has 6 nitrogen and oxygen atoms in total. The largest absolute Gasteiger partial charge is 0.506 e. The molecule has 5 rings (SSSR count). The number of phenols is 1. The number of nitriles is 1. The summed E-state index contributed by atoms with van der Waals surface area (Å²) in [5.74, 6) is -0.560. The van der Waals surface area contributed by atoms with Crippen LogP contribution in [-0.2, 0) is 22.3 Å². The predicted octanol–water partition coefficient (Wildman–Crippen LogP) is 3.58. The Hall–Kier alpha value is -3.32. The molecule has 2 aliphatic rings. The summed E-state index contributed by atoms with van der Waals surface area (Å²) >= 11 is 0. The van der Waals surface area contributed by atoms with E-state index in [1.54, 1.807) is 22.9 Å². The molecule has 150 valence electrons. The van der Waals surface area contributed by atoms with E-state index in [1.807, 2.05) is 18.2 Å². The molecule has 0 atom stereocenters. The van der Waals surface area contributed by atoms with Crippen molar-refractivity contribution in [2.75, 3.05) is 13.2 Å². The van der Waals surface area contributed by atoms with Crippen molar-refractivity contribution in [3.05, 3.63) is 65.4 Å². The molecule has 6 heteroatoms. The lowest BCUT2D eigenvalue weighted by Gasteiger charge is -2.41. The highest BCUT2D eigenvalue weighted by Gasteiger charge is 2.48. The van der Waals surface area contributed by atoms with Crippen LogP contribution in [0.2, 0.25) is 0 Å². The van der Waals surface area contributed by atoms with Gasteiger partial charge in [0.15, 0.2) is 5.79 Å². The van der Waals surface area contributed by atoms with Crippen LogP contribution in [0.4, 0.5) is 0 Å². The highest BCUT2D eigenvalue weighted by molar-refractivity contribution is 5.68. The third-order valence-electron chi connectivity index (χ3n) is 5.64. The molecule has 1 fully saturated rings. The quantitative estimate of drug-likeness (QED) is 0.712. The van der Waals surface area contributed by atoms with Gasteiger partial charge in [0.25, 0.3) is 0 Å². The normalized spacial score (nSPS) is 18.6. The Balaban J connectivity index is 1.61. The van der Waals surface area contributed by atoms with Crippen LogP contribution in [0, 0.1) is 28.9 Å². The molecular formula is C24H21N3O3. The number of nitrogens with zero attached hydrogens (tertiary/aromatic N) is 3. The van der Waals surface area contributed by atoms with Crippen LogP contribution in [-0.4, -0.2) is 33.9 Å². The van der Waals surface area contributed by atoms with Crippen LogP contribution in [0.3, 0.4) is 0 Å². The number of ether oxygens (including phenoxy) is 2. The summed E-state index contributed by atoms with van der Waals surface area (Å²) < 4.78 is 14.1. The van der Waals surface area contributed by atoms with Gasteiger partial charge in [-0.25, -0.2) is 4.68 Å². The number of aromatic hydroxyl groups is 1. The van der Waals surface area contributed by atoms with Gasteiger partial charge in [-0.3, -0.25) is 0 Å². The average Bonchev–Trinajstić information content (AvgIpc) is 3.25. The van der Waals surface area contributed by atoms with Gasteiger partial charge in [0.05, 0.1) is 30.2 Å². The smallest absolute Gasteiger partial charge is 0.178 e. The minimum Gasteiger partial charge on any atom is -0.506 e. The van der Waals surface area contributed by atoms with E-state index in [4.69, 9.17) is 19.8 Å². The van der Waals surface area contributed by atoms with Crippen LogP contribution < -0.4 is 0 Å². The number of para-hydroxylation sites is 2. The molecule has 2 aromatic carbocycles. The first-order chi connectivity index (χ1) is 14.4. The van der Waals surface area contributed by atoms with E-state index < -0.39 is 5.79 Å². The molecule has 1 aliphatic carbocycles. The molecule has 1 saturated heterocycles. The zero-order valence-corrected chi connectivity index (χ0v) is 16.9. The van der Waals surface area contributed by atoms with Crippen molar-refractivity contribution in [2.45, 2.75) is 32.5 Å². The van der Waals surface area contributed by atoms with Crippen LogP contribution in [0.25, 0.3) is 16.9 Å². The molecule has 1 aromatic heterocycles. The second-order valence-electron chi connectivity index (χ2n) is 8.70. The van der Waals surface area contributed by atoms with Crippen molar-refractivity contribution < 1.29 is 14.6 Å². The lowest BCUT2D eigenvalue weighted by Crippen LogP contribution is -2.48. The van der Waals surface area contributed by atoms with E-state index in [0.717, 1.165) is 22.5 Å². The van der Waals surface area contributed by atoms with Crippen LogP contribution >= 0.6 is 0 Å². The second kappa shape index (κ2) is 6.60. The van der Waals surface area contributed by atoms with Gasteiger partial charge in [0.2, 0.25) is 0 Å². The monoisotopic (exact) mass is 399 g/mol. The Morgan fingerprint density at radius 1 is 1.10 bits per heavy atom. The van der Waals surface area contributed by atoms with E-state index >= 15 is 0 Å². The number of rotatable bonds is 2. The maximum Gasteiger partial charge on any atom is 0.178 e. The van der Waals surface area contributed by atoms with Crippen molar-refractivity contribution in [3.63, 3.8) is 0 Å². The Labute approximate surface area is 175 Å². The number of phenolic OH excluding ortho intramolecular Hbond substituents is 1. The van der Waals surface area contributed by atoms with Gasteiger partial charge < -0.3 is 14.6 Å². The molecular weight excluding hydrogens is 378 g/mol. The van der Waals surface area contributed by atoms with Gasteiger partial charge in [-0.2, -0.15) is 10.4 Å². The van der Waals surface area contributed by atoms with Crippen molar-refractivity contribution >= 4 is 0 Å². The summed E-state index contributed by atoms with van der Waals surface area (Å²) in [6.45, 7) is 5.50. The number of aromatic nitrogens is 2. The Morgan fingerprint density at radius 3 is 2.53 bits per heavy atom. The zero-order valence-electron chi connectivity index (χ0n) is 16.9. The molecule has 1 spiro atoms. The van der Waals surface area contributed by atoms with E-state index in [0.29, 0.717) is 37.3 Å². The highest BCUT2D eigenvalue weighted by Crippen LogP contribution is 2.43. The molecule has 0 amide bonds.